The molecular formula is C17H26ClN3O. The molecule has 0 bridgehead atoms. The molecule has 2 rings (SSSR count). The van der Waals surface area contributed by atoms with Crippen molar-refractivity contribution in [3.05, 3.63) is 23.2 Å². The molecule has 1 aromatic rings. The molecule has 1 aliphatic heterocycles. The maximum absolute atomic E-state index is 12.6. The number of rotatable bonds is 5. The molecule has 1 atom stereocenters. The lowest BCUT2D eigenvalue weighted by Crippen LogP contribution is -2.47. The molecule has 1 fully saturated rings. The van der Waals surface area contributed by atoms with Crippen molar-refractivity contribution in [3.63, 3.8) is 0 Å². The van der Waals surface area contributed by atoms with E-state index in [9.17, 15) is 4.79 Å². The number of nitrogens with zero attached hydrogens (tertiary/aromatic N) is 2. The monoisotopic (exact) mass is 323 g/mol. The third-order valence-corrected chi connectivity index (χ3v) is 4.43. The molecule has 22 heavy (non-hydrogen) atoms. The number of nitrogens with one attached hydrogen (secondary N) is 1. The largest absolute Gasteiger partial charge is 0.376 e. The number of hydrogen-bond acceptors (Lipinski definition) is 3. The van der Waals surface area contributed by atoms with E-state index in [-0.39, 0.29) is 11.9 Å². The SMILES string of the molecule is CCCN1CCCCC1C(=O)Nc1ccc(N(C)C)c(Cl)c1. The van der Waals surface area contributed by atoms with Crippen LogP contribution >= 0.6 is 11.6 Å². The zero-order valence-corrected chi connectivity index (χ0v) is 14.5. The standard InChI is InChI=1S/C17H26ClN3O/c1-4-10-21-11-6-5-7-16(21)17(22)19-13-8-9-15(20(2)3)14(18)12-13/h8-9,12,16H,4-7,10-11H2,1-3H3,(H,19,22). The highest BCUT2D eigenvalue weighted by Crippen LogP contribution is 2.28. The number of anilines is 2. The van der Waals surface area contributed by atoms with Gasteiger partial charge in [0.15, 0.2) is 0 Å². The Kier molecular flexibility index (Phi) is 6.09. The molecule has 0 spiro atoms. The Balaban J connectivity index is 2.05. The summed E-state index contributed by atoms with van der Waals surface area (Å²) in [7, 11) is 3.90. The van der Waals surface area contributed by atoms with Crippen molar-refractivity contribution >= 4 is 28.9 Å². The van der Waals surface area contributed by atoms with E-state index in [0.29, 0.717) is 5.02 Å². The van der Waals surface area contributed by atoms with E-state index in [1.54, 1.807) is 0 Å². The molecular weight excluding hydrogens is 298 g/mol. The van der Waals surface area contributed by atoms with Crippen LogP contribution in [0.25, 0.3) is 0 Å². The van der Waals surface area contributed by atoms with Crippen LogP contribution in [0.5, 0.6) is 0 Å². The number of carbonyl (C=O) groups is 1. The highest BCUT2D eigenvalue weighted by molar-refractivity contribution is 6.33. The zero-order chi connectivity index (χ0) is 16.1. The fourth-order valence-corrected chi connectivity index (χ4v) is 3.37. The lowest BCUT2D eigenvalue weighted by molar-refractivity contribution is -0.122. The van der Waals surface area contributed by atoms with Gasteiger partial charge in [-0.05, 0) is 50.6 Å². The van der Waals surface area contributed by atoms with Crippen LogP contribution in [0.4, 0.5) is 11.4 Å². The van der Waals surface area contributed by atoms with Crippen LogP contribution in [-0.2, 0) is 4.79 Å². The molecule has 5 heteroatoms. The minimum Gasteiger partial charge on any atom is -0.376 e. The Hall–Kier alpha value is -1.26. The summed E-state index contributed by atoms with van der Waals surface area (Å²) in [5.74, 6) is 0.0850. The second-order valence-electron chi connectivity index (χ2n) is 6.10. The molecule has 1 heterocycles. The van der Waals surface area contributed by atoms with Crippen molar-refractivity contribution in [2.45, 2.75) is 38.6 Å². The number of hydrogen-bond donors (Lipinski definition) is 1. The van der Waals surface area contributed by atoms with Crippen LogP contribution in [0.2, 0.25) is 5.02 Å². The predicted octanol–water partition coefficient (Wildman–Crippen LogP) is 3.61. The number of carbonyl (C=O) groups excluding carboxylic acids is 1. The molecule has 1 aromatic carbocycles. The Morgan fingerprint density at radius 2 is 2.18 bits per heavy atom. The quantitative estimate of drug-likeness (QED) is 0.899. The van der Waals surface area contributed by atoms with Crippen molar-refractivity contribution in [2.24, 2.45) is 0 Å². The maximum Gasteiger partial charge on any atom is 0.241 e. The minimum atomic E-state index is -0.0130. The van der Waals surface area contributed by atoms with Crippen molar-refractivity contribution in [2.75, 3.05) is 37.4 Å². The molecule has 0 aromatic heterocycles. The van der Waals surface area contributed by atoms with E-state index in [1.165, 1.54) is 6.42 Å². The van der Waals surface area contributed by atoms with Crippen LogP contribution in [0.3, 0.4) is 0 Å². The molecule has 4 nitrogen and oxygen atoms in total. The second-order valence-corrected chi connectivity index (χ2v) is 6.50. The average molecular weight is 324 g/mol. The first kappa shape index (κ1) is 17.1. The van der Waals surface area contributed by atoms with Gasteiger partial charge in [0.2, 0.25) is 5.91 Å². The smallest absolute Gasteiger partial charge is 0.241 e. The van der Waals surface area contributed by atoms with Crippen LogP contribution in [0.15, 0.2) is 18.2 Å². The van der Waals surface area contributed by atoms with E-state index >= 15 is 0 Å². The van der Waals surface area contributed by atoms with Gasteiger partial charge < -0.3 is 10.2 Å². The minimum absolute atomic E-state index is 0.0130. The first-order chi connectivity index (χ1) is 10.5. The normalized spacial score (nSPS) is 19.0. The highest BCUT2D eigenvalue weighted by Gasteiger charge is 2.28. The van der Waals surface area contributed by atoms with E-state index in [2.05, 4.69) is 17.1 Å². The van der Waals surface area contributed by atoms with Gasteiger partial charge in [-0.15, -0.1) is 0 Å². The second kappa shape index (κ2) is 7.84. The Labute approximate surface area is 138 Å². The van der Waals surface area contributed by atoms with Gasteiger partial charge >= 0.3 is 0 Å². The summed E-state index contributed by atoms with van der Waals surface area (Å²) in [5.41, 5.74) is 1.72. The van der Waals surface area contributed by atoms with Gasteiger partial charge in [0.05, 0.1) is 16.8 Å². The van der Waals surface area contributed by atoms with Crippen molar-refractivity contribution in [1.82, 2.24) is 4.90 Å². The third kappa shape index (κ3) is 4.14. The summed E-state index contributed by atoms with van der Waals surface area (Å²) in [6.07, 6.45) is 4.33. The van der Waals surface area contributed by atoms with Crippen molar-refractivity contribution in [1.29, 1.82) is 0 Å². The Bertz CT molecular complexity index is 517. The van der Waals surface area contributed by atoms with Gasteiger partial charge in [0.25, 0.3) is 0 Å². The summed E-state index contributed by atoms with van der Waals surface area (Å²) in [5, 5.41) is 3.67. The first-order valence-electron chi connectivity index (χ1n) is 8.04. The topological polar surface area (TPSA) is 35.6 Å². The molecule has 0 radical (unpaired) electrons. The Morgan fingerprint density at radius 1 is 1.41 bits per heavy atom. The summed E-state index contributed by atoms with van der Waals surface area (Å²) < 4.78 is 0. The van der Waals surface area contributed by atoms with Crippen LogP contribution < -0.4 is 10.2 Å². The summed E-state index contributed by atoms with van der Waals surface area (Å²) in [4.78, 5) is 16.8. The number of likely N-dealkylation sites (tertiary alicyclic amines) is 1. The number of benzene rings is 1. The highest BCUT2D eigenvalue weighted by atomic mass is 35.5. The van der Waals surface area contributed by atoms with E-state index in [4.69, 9.17) is 11.6 Å². The molecule has 1 N–H and O–H groups in total. The lowest BCUT2D eigenvalue weighted by Gasteiger charge is -2.34. The zero-order valence-electron chi connectivity index (χ0n) is 13.7. The fraction of sp³-hybridized carbons (Fsp3) is 0.588. The predicted molar refractivity (Wildman–Crippen MR) is 93.9 cm³/mol. The molecule has 1 saturated heterocycles. The molecule has 1 unspecified atom stereocenters. The summed E-state index contributed by atoms with van der Waals surface area (Å²) in [6.45, 7) is 4.16. The molecule has 0 aliphatic carbocycles. The molecule has 1 aliphatic rings. The maximum atomic E-state index is 12.6. The van der Waals surface area contributed by atoms with Gasteiger partial charge in [0.1, 0.15) is 0 Å². The van der Waals surface area contributed by atoms with Crippen LogP contribution in [-0.4, -0.2) is 44.0 Å². The van der Waals surface area contributed by atoms with Crippen LogP contribution in [0.1, 0.15) is 32.6 Å². The Morgan fingerprint density at radius 3 is 2.82 bits per heavy atom. The molecule has 122 valence electrons. The van der Waals surface area contributed by atoms with Gasteiger partial charge in [-0.2, -0.15) is 0 Å². The van der Waals surface area contributed by atoms with Crippen molar-refractivity contribution < 1.29 is 4.79 Å². The number of amides is 1. The fourth-order valence-electron chi connectivity index (χ4n) is 3.02. The van der Waals surface area contributed by atoms with Gasteiger partial charge in [-0.3, -0.25) is 9.69 Å². The first-order valence-corrected chi connectivity index (χ1v) is 8.42. The number of piperidine rings is 1. The number of halogens is 1. The van der Waals surface area contributed by atoms with E-state index in [1.807, 2.05) is 37.2 Å². The van der Waals surface area contributed by atoms with Crippen molar-refractivity contribution in [3.8, 4) is 0 Å². The third-order valence-electron chi connectivity index (χ3n) is 4.12. The summed E-state index contributed by atoms with van der Waals surface area (Å²) in [6, 6.07) is 5.65. The molecule has 0 saturated carbocycles. The van der Waals surface area contributed by atoms with E-state index < -0.39 is 0 Å². The molecule has 1 amide bonds. The van der Waals surface area contributed by atoms with Gasteiger partial charge in [0, 0.05) is 19.8 Å². The lowest BCUT2D eigenvalue weighted by atomic mass is 10.0. The van der Waals surface area contributed by atoms with Gasteiger partial charge in [-0.1, -0.05) is 24.9 Å². The van der Waals surface area contributed by atoms with Gasteiger partial charge in [-0.25, -0.2) is 0 Å². The van der Waals surface area contributed by atoms with E-state index in [0.717, 1.165) is 43.7 Å². The summed E-state index contributed by atoms with van der Waals surface area (Å²) >= 11 is 6.27. The van der Waals surface area contributed by atoms with Crippen LogP contribution in [0, 0.1) is 0 Å². The average Bonchev–Trinajstić information content (AvgIpc) is 2.47.